The van der Waals surface area contributed by atoms with E-state index in [1.54, 1.807) is 0 Å². The molecule has 0 saturated heterocycles. The van der Waals surface area contributed by atoms with Crippen LogP contribution in [0.2, 0.25) is 0 Å². The SMILES string of the molecule is N=C(C(=O)C(F)(F)F)C(c1ccccc1)C(F)(F)F. The van der Waals surface area contributed by atoms with Crippen LogP contribution in [-0.2, 0) is 4.79 Å². The summed E-state index contributed by atoms with van der Waals surface area (Å²) in [5.74, 6) is -5.68. The molecule has 1 aromatic rings. The van der Waals surface area contributed by atoms with Crippen molar-refractivity contribution in [3.05, 3.63) is 35.9 Å². The minimum absolute atomic E-state index is 0.586. The monoisotopic (exact) mass is 283 g/mol. The molecule has 0 aliphatic heterocycles. The fourth-order valence-corrected chi connectivity index (χ4v) is 1.45. The number of benzene rings is 1. The highest BCUT2D eigenvalue weighted by atomic mass is 19.4. The molecular weight excluding hydrogens is 276 g/mol. The molecule has 1 unspecified atom stereocenters. The van der Waals surface area contributed by atoms with Crippen LogP contribution < -0.4 is 0 Å². The summed E-state index contributed by atoms with van der Waals surface area (Å²) in [6.07, 6.45) is -10.7. The first kappa shape index (κ1) is 15.2. The molecule has 0 spiro atoms. The summed E-state index contributed by atoms with van der Waals surface area (Å²) in [6.45, 7) is 0. The summed E-state index contributed by atoms with van der Waals surface area (Å²) in [7, 11) is 0. The summed E-state index contributed by atoms with van der Waals surface area (Å²) < 4.78 is 74.6. The van der Waals surface area contributed by atoms with Gasteiger partial charge in [0.1, 0.15) is 11.6 Å². The average Bonchev–Trinajstić information content (AvgIpc) is 2.26. The number of ketones is 1. The van der Waals surface area contributed by atoms with Crippen molar-refractivity contribution in [3.8, 4) is 0 Å². The average molecular weight is 283 g/mol. The van der Waals surface area contributed by atoms with Gasteiger partial charge in [0.25, 0.3) is 5.78 Å². The molecule has 0 radical (unpaired) electrons. The molecule has 0 aliphatic carbocycles. The lowest BCUT2D eigenvalue weighted by Gasteiger charge is -2.21. The number of rotatable bonds is 3. The molecule has 19 heavy (non-hydrogen) atoms. The Hall–Kier alpha value is -1.86. The number of nitrogens with one attached hydrogen (secondary N) is 1. The Bertz CT molecular complexity index is 476. The van der Waals surface area contributed by atoms with Crippen molar-refractivity contribution in [1.29, 1.82) is 5.41 Å². The lowest BCUT2D eigenvalue weighted by Crippen LogP contribution is -2.39. The molecule has 2 nitrogen and oxygen atoms in total. The Balaban J connectivity index is 3.22. The van der Waals surface area contributed by atoms with Crippen LogP contribution in [-0.4, -0.2) is 23.8 Å². The second-order valence-corrected chi connectivity index (χ2v) is 3.63. The summed E-state index contributed by atoms with van der Waals surface area (Å²) in [4.78, 5) is 10.8. The maximum atomic E-state index is 12.7. The topological polar surface area (TPSA) is 40.9 Å². The van der Waals surface area contributed by atoms with Gasteiger partial charge in [-0.3, -0.25) is 4.79 Å². The van der Waals surface area contributed by atoms with E-state index in [-0.39, 0.29) is 0 Å². The Morgan fingerprint density at radius 2 is 1.47 bits per heavy atom. The second kappa shape index (κ2) is 5.02. The zero-order valence-electron chi connectivity index (χ0n) is 9.14. The van der Waals surface area contributed by atoms with Gasteiger partial charge in [-0.25, -0.2) is 0 Å². The lowest BCUT2D eigenvalue weighted by atomic mass is 9.91. The first-order chi connectivity index (χ1) is 8.55. The number of hydrogen-bond donors (Lipinski definition) is 1. The zero-order chi connectivity index (χ0) is 14.8. The van der Waals surface area contributed by atoms with Gasteiger partial charge in [0.2, 0.25) is 0 Å². The van der Waals surface area contributed by atoms with E-state index in [1.165, 1.54) is 18.2 Å². The molecule has 0 heterocycles. The summed E-state index contributed by atoms with van der Waals surface area (Å²) >= 11 is 0. The van der Waals surface area contributed by atoms with E-state index >= 15 is 0 Å². The number of carbonyl (C=O) groups is 1. The molecule has 8 heteroatoms. The van der Waals surface area contributed by atoms with E-state index in [0.29, 0.717) is 0 Å². The van der Waals surface area contributed by atoms with Crippen molar-refractivity contribution < 1.29 is 31.1 Å². The smallest absolute Gasteiger partial charge is 0.300 e. The maximum Gasteiger partial charge on any atom is 0.456 e. The molecule has 1 N–H and O–H groups in total. The van der Waals surface area contributed by atoms with Crippen molar-refractivity contribution >= 4 is 11.5 Å². The molecule has 0 aliphatic rings. The lowest BCUT2D eigenvalue weighted by molar-refractivity contribution is -0.166. The van der Waals surface area contributed by atoms with E-state index in [2.05, 4.69) is 0 Å². The highest BCUT2D eigenvalue weighted by Crippen LogP contribution is 2.37. The number of halogens is 6. The second-order valence-electron chi connectivity index (χ2n) is 3.63. The number of hydrogen-bond acceptors (Lipinski definition) is 2. The molecule has 0 amide bonds. The van der Waals surface area contributed by atoms with Crippen LogP contribution >= 0.6 is 0 Å². The molecule has 1 rings (SSSR count). The summed E-state index contributed by atoms with van der Waals surface area (Å²) in [6, 6.07) is 5.55. The predicted molar refractivity (Wildman–Crippen MR) is 54.0 cm³/mol. The third-order valence-corrected chi connectivity index (χ3v) is 2.25. The van der Waals surface area contributed by atoms with Gasteiger partial charge in [0.05, 0.1) is 0 Å². The first-order valence-corrected chi connectivity index (χ1v) is 4.86. The molecule has 0 fully saturated rings. The molecule has 1 aromatic carbocycles. The Morgan fingerprint density at radius 3 is 1.84 bits per heavy atom. The van der Waals surface area contributed by atoms with Crippen LogP contribution in [0.5, 0.6) is 0 Å². The van der Waals surface area contributed by atoms with Crippen molar-refractivity contribution in [2.75, 3.05) is 0 Å². The third kappa shape index (κ3) is 3.55. The van der Waals surface area contributed by atoms with Crippen molar-refractivity contribution in [2.24, 2.45) is 0 Å². The maximum absolute atomic E-state index is 12.7. The highest BCUT2D eigenvalue weighted by molar-refractivity contribution is 6.42. The standard InChI is InChI=1S/C11H7F6NO/c12-10(13,14)7(6-4-2-1-3-5-6)8(18)9(19)11(15,16)17/h1-5,7,18H. The van der Waals surface area contributed by atoms with Crippen LogP contribution in [0.25, 0.3) is 0 Å². The quantitative estimate of drug-likeness (QED) is 0.669. The fraction of sp³-hybridized carbons (Fsp3) is 0.273. The molecule has 0 aromatic heterocycles. The normalized spacial score (nSPS) is 14.0. The molecular formula is C11H7F6NO. The first-order valence-electron chi connectivity index (χ1n) is 4.86. The van der Waals surface area contributed by atoms with Crippen molar-refractivity contribution in [3.63, 3.8) is 0 Å². The van der Waals surface area contributed by atoms with E-state index in [4.69, 9.17) is 5.41 Å². The van der Waals surface area contributed by atoms with E-state index in [1.807, 2.05) is 0 Å². The van der Waals surface area contributed by atoms with Crippen molar-refractivity contribution in [1.82, 2.24) is 0 Å². The van der Waals surface area contributed by atoms with Gasteiger partial charge < -0.3 is 5.41 Å². The van der Waals surface area contributed by atoms with Gasteiger partial charge in [-0.15, -0.1) is 0 Å². The number of Topliss-reactive ketones (excluding diaryl/α,β-unsaturated/α-hetero) is 1. The minimum Gasteiger partial charge on any atom is -0.300 e. The third-order valence-electron chi connectivity index (χ3n) is 2.25. The number of alkyl halides is 6. The van der Waals surface area contributed by atoms with Crippen LogP contribution in [0.1, 0.15) is 11.5 Å². The van der Waals surface area contributed by atoms with Gasteiger partial charge in [-0.2, -0.15) is 26.3 Å². The summed E-state index contributed by atoms with van der Waals surface area (Å²) in [5, 5.41) is 6.91. The molecule has 0 saturated carbocycles. The van der Waals surface area contributed by atoms with E-state index < -0.39 is 35.3 Å². The molecule has 1 atom stereocenters. The van der Waals surface area contributed by atoms with Gasteiger partial charge in [0.15, 0.2) is 0 Å². The molecule has 0 bridgehead atoms. The highest BCUT2D eigenvalue weighted by Gasteiger charge is 2.51. The van der Waals surface area contributed by atoms with Gasteiger partial charge in [0, 0.05) is 0 Å². The van der Waals surface area contributed by atoms with Crippen LogP contribution in [0.15, 0.2) is 30.3 Å². The van der Waals surface area contributed by atoms with Crippen LogP contribution in [0, 0.1) is 5.41 Å². The molecule has 104 valence electrons. The van der Waals surface area contributed by atoms with E-state index in [0.717, 1.165) is 12.1 Å². The van der Waals surface area contributed by atoms with E-state index in [9.17, 15) is 31.1 Å². The zero-order valence-corrected chi connectivity index (χ0v) is 9.14. The Labute approximate surface area is 103 Å². The number of carbonyl (C=O) groups excluding carboxylic acids is 1. The van der Waals surface area contributed by atoms with Gasteiger partial charge >= 0.3 is 12.4 Å². The van der Waals surface area contributed by atoms with Crippen LogP contribution in [0.4, 0.5) is 26.3 Å². The van der Waals surface area contributed by atoms with Crippen LogP contribution in [0.3, 0.4) is 0 Å². The summed E-state index contributed by atoms with van der Waals surface area (Å²) in [5.41, 5.74) is -2.62. The fourth-order valence-electron chi connectivity index (χ4n) is 1.45. The Morgan fingerprint density at radius 1 is 1.00 bits per heavy atom. The largest absolute Gasteiger partial charge is 0.456 e. The van der Waals surface area contributed by atoms with Gasteiger partial charge in [-0.1, -0.05) is 30.3 Å². The van der Waals surface area contributed by atoms with Crippen molar-refractivity contribution in [2.45, 2.75) is 18.3 Å². The minimum atomic E-state index is -5.50. The Kier molecular flexibility index (Phi) is 4.02. The predicted octanol–water partition coefficient (Wildman–Crippen LogP) is 3.48. The van der Waals surface area contributed by atoms with Gasteiger partial charge in [-0.05, 0) is 5.56 Å².